The fraction of sp³-hybridized carbons (Fsp3) is 0.667. The van der Waals surface area contributed by atoms with Crippen LogP contribution < -0.4 is 0 Å². The summed E-state index contributed by atoms with van der Waals surface area (Å²) in [7, 11) is 0. The molecule has 5 rings (SSSR count). The first-order valence-electron chi connectivity index (χ1n) is 8.06. The smallest absolute Gasteiger partial charge is 0.127 e. The maximum Gasteiger partial charge on any atom is 0.127 e. The lowest BCUT2D eigenvalue weighted by molar-refractivity contribution is -0.0528. The molecule has 4 fully saturated rings. The van der Waals surface area contributed by atoms with E-state index in [0.717, 1.165) is 23.3 Å². The largest absolute Gasteiger partial charge is 0.207 e. The van der Waals surface area contributed by atoms with Crippen LogP contribution in [0.2, 0.25) is 5.02 Å². The van der Waals surface area contributed by atoms with E-state index in [0.29, 0.717) is 16.0 Å². The summed E-state index contributed by atoms with van der Waals surface area (Å²) < 4.78 is 13.7. The van der Waals surface area contributed by atoms with Crippen LogP contribution in [0.5, 0.6) is 0 Å². The first-order chi connectivity index (χ1) is 9.97. The van der Waals surface area contributed by atoms with Crippen LogP contribution in [0.3, 0.4) is 0 Å². The van der Waals surface area contributed by atoms with Crippen molar-refractivity contribution >= 4 is 27.5 Å². The Morgan fingerprint density at radius 3 is 2.19 bits per heavy atom. The number of halogens is 3. The topological polar surface area (TPSA) is 0 Å². The second kappa shape index (κ2) is 4.96. The maximum atomic E-state index is 13.7. The van der Waals surface area contributed by atoms with Crippen LogP contribution in [0.15, 0.2) is 12.1 Å². The Balaban J connectivity index is 1.71. The fourth-order valence-corrected chi connectivity index (χ4v) is 7.02. The lowest BCUT2D eigenvalue weighted by atomic mass is 9.48. The van der Waals surface area contributed by atoms with E-state index in [2.05, 4.69) is 15.9 Å². The predicted molar refractivity (Wildman–Crippen MR) is 88.4 cm³/mol. The molecule has 0 heterocycles. The molecule has 0 spiro atoms. The van der Waals surface area contributed by atoms with Crippen molar-refractivity contribution in [2.75, 3.05) is 0 Å². The Labute approximate surface area is 139 Å². The summed E-state index contributed by atoms with van der Waals surface area (Å²) in [5.74, 6) is 2.54. The lowest BCUT2D eigenvalue weighted by Crippen LogP contribution is -2.47. The van der Waals surface area contributed by atoms with E-state index in [4.69, 9.17) is 11.6 Å². The standard InChI is InChI=1S/C18H21BrClF/c1-10-2-14(15(20)6-16(10)21)17(19)18-7-11-3-12(8-18)5-13(4-11)9-18/h2,6,11-13,17H,3-5,7-9H2,1H3. The summed E-state index contributed by atoms with van der Waals surface area (Å²) in [6.45, 7) is 1.83. The van der Waals surface area contributed by atoms with Gasteiger partial charge in [-0.2, -0.15) is 0 Å². The van der Waals surface area contributed by atoms with Gasteiger partial charge in [0.2, 0.25) is 0 Å². The maximum absolute atomic E-state index is 13.7. The highest BCUT2D eigenvalue weighted by atomic mass is 79.9. The van der Waals surface area contributed by atoms with Gasteiger partial charge in [-0.05, 0) is 85.8 Å². The minimum Gasteiger partial charge on any atom is -0.207 e. The molecule has 21 heavy (non-hydrogen) atoms. The first-order valence-corrected chi connectivity index (χ1v) is 9.36. The molecule has 0 radical (unpaired) electrons. The van der Waals surface area contributed by atoms with Crippen molar-refractivity contribution in [3.8, 4) is 0 Å². The second-order valence-corrected chi connectivity index (χ2v) is 9.09. The number of benzene rings is 1. The van der Waals surface area contributed by atoms with Crippen molar-refractivity contribution in [1.29, 1.82) is 0 Å². The molecule has 4 saturated carbocycles. The zero-order chi connectivity index (χ0) is 14.8. The number of hydrogen-bond donors (Lipinski definition) is 0. The van der Waals surface area contributed by atoms with Crippen LogP contribution in [-0.2, 0) is 0 Å². The molecule has 3 heteroatoms. The van der Waals surface area contributed by atoms with E-state index >= 15 is 0 Å². The average molecular weight is 372 g/mol. The van der Waals surface area contributed by atoms with Crippen molar-refractivity contribution in [3.63, 3.8) is 0 Å². The van der Waals surface area contributed by atoms with Gasteiger partial charge in [-0.1, -0.05) is 33.6 Å². The summed E-state index contributed by atoms with van der Waals surface area (Å²) in [6.07, 6.45) is 8.28. The van der Waals surface area contributed by atoms with Crippen LogP contribution in [0.25, 0.3) is 0 Å². The summed E-state index contributed by atoms with van der Waals surface area (Å²) >= 11 is 10.3. The molecule has 0 aliphatic heterocycles. The Hall–Kier alpha value is -0.0800. The molecule has 0 N–H and O–H groups in total. The third kappa shape index (κ3) is 2.28. The monoisotopic (exact) mass is 370 g/mol. The lowest BCUT2D eigenvalue weighted by Gasteiger charge is -2.58. The van der Waals surface area contributed by atoms with Gasteiger partial charge >= 0.3 is 0 Å². The van der Waals surface area contributed by atoms with Gasteiger partial charge in [0.15, 0.2) is 0 Å². The molecular weight excluding hydrogens is 351 g/mol. The van der Waals surface area contributed by atoms with Crippen molar-refractivity contribution < 1.29 is 4.39 Å². The third-order valence-corrected chi connectivity index (χ3v) is 7.97. The van der Waals surface area contributed by atoms with E-state index in [1.54, 1.807) is 0 Å². The average Bonchev–Trinajstić information content (AvgIpc) is 2.40. The van der Waals surface area contributed by atoms with Gasteiger partial charge < -0.3 is 0 Å². The summed E-state index contributed by atoms with van der Waals surface area (Å²) in [6, 6.07) is 3.44. The van der Waals surface area contributed by atoms with Gasteiger partial charge in [-0.25, -0.2) is 4.39 Å². The quantitative estimate of drug-likeness (QED) is 0.525. The number of hydrogen-bond acceptors (Lipinski definition) is 0. The SMILES string of the molecule is Cc1cc(C(Br)C23CC4CC(CC(C4)C2)C3)c(Cl)cc1F. The Kier molecular flexibility index (Phi) is 3.43. The van der Waals surface area contributed by atoms with Crippen LogP contribution >= 0.6 is 27.5 Å². The summed E-state index contributed by atoms with van der Waals surface area (Å²) in [5, 5.41) is 0.579. The fourth-order valence-electron chi connectivity index (χ4n) is 5.69. The highest BCUT2D eigenvalue weighted by Gasteiger charge is 2.54. The zero-order valence-corrected chi connectivity index (χ0v) is 14.7. The molecule has 0 amide bonds. The molecule has 4 aliphatic rings. The Bertz CT molecular complexity index is 548. The molecule has 0 aromatic heterocycles. The molecular formula is C18H21BrClF. The Morgan fingerprint density at radius 1 is 1.14 bits per heavy atom. The number of rotatable bonds is 2. The molecule has 1 aromatic carbocycles. The van der Waals surface area contributed by atoms with Crippen LogP contribution in [-0.4, -0.2) is 0 Å². The number of alkyl halides is 1. The zero-order valence-electron chi connectivity index (χ0n) is 12.3. The molecule has 114 valence electrons. The van der Waals surface area contributed by atoms with Gasteiger partial charge in [0.05, 0.1) is 0 Å². The number of aryl methyl sites for hydroxylation is 1. The van der Waals surface area contributed by atoms with Gasteiger partial charge in [0, 0.05) is 9.85 Å². The van der Waals surface area contributed by atoms with Gasteiger partial charge in [0.1, 0.15) is 5.82 Å². The van der Waals surface area contributed by atoms with Crippen molar-refractivity contribution in [1.82, 2.24) is 0 Å². The van der Waals surface area contributed by atoms with Crippen LogP contribution in [0.4, 0.5) is 4.39 Å². The van der Waals surface area contributed by atoms with E-state index in [1.165, 1.54) is 44.6 Å². The predicted octanol–water partition coefficient (Wildman–Crippen LogP) is 6.44. The van der Waals surface area contributed by atoms with Gasteiger partial charge in [-0.3, -0.25) is 0 Å². The van der Waals surface area contributed by atoms with E-state index in [1.807, 2.05) is 13.0 Å². The Morgan fingerprint density at radius 2 is 1.67 bits per heavy atom. The van der Waals surface area contributed by atoms with Crippen molar-refractivity contribution in [2.24, 2.45) is 23.2 Å². The molecule has 1 aromatic rings. The highest BCUT2D eigenvalue weighted by Crippen LogP contribution is 2.66. The molecule has 4 aliphatic carbocycles. The summed E-state index contributed by atoms with van der Waals surface area (Å²) in [4.78, 5) is 0.269. The van der Waals surface area contributed by atoms with E-state index in [-0.39, 0.29) is 10.6 Å². The molecule has 1 unspecified atom stereocenters. The van der Waals surface area contributed by atoms with Crippen LogP contribution in [0, 0.1) is 35.9 Å². The minimum atomic E-state index is -0.200. The molecule has 0 nitrogen and oxygen atoms in total. The first kappa shape index (κ1) is 14.5. The van der Waals surface area contributed by atoms with E-state index < -0.39 is 0 Å². The highest BCUT2D eigenvalue weighted by molar-refractivity contribution is 9.09. The minimum absolute atomic E-state index is 0.200. The molecule has 0 saturated heterocycles. The van der Waals surface area contributed by atoms with Gasteiger partial charge in [-0.15, -0.1) is 0 Å². The van der Waals surface area contributed by atoms with E-state index in [9.17, 15) is 4.39 Å². The third-order valence-electron chi connectivity index (χ3n) is 6.17. The van der Waals surface area contributed by atoms with Crippen LogP contribution in [0.1, 0.15) is 54.5 Å². The van der Waals surface area contributed by atoms with Gasteiger partial charge in [0.25, 0.3) is 0 Å². The molecule has 4 bridgehead atoms. The summed E-state index contributed by atoms with van der Waals surface area (Å²) in [5.41, 5.74) is 2.14. The van der Waals surface area contributed by atoms with Crippen molar-refractivity contribution in [2.45, 2.75) is 50.3 Å². The molecule has 1 atom stereocenters. The van der Waals surface area contributed by atoms with Crippen molar-refractivity contribution in [3.05, 3.63) is 34.1 Å². The second-order valence-electron chi connectivity index (χ2n) is 7.77. The normalized spacial score (nSPS) is 38.8.